The highest BCUT2D eigenvalue weighted by Gasteiger charge is 2.00. The van der Waals surface area contributed by atoms with E-state index in [2.05, 4.69) is 22.6 Å². The second-order valence-electron chi connectivity index (χ2n) is 2.19. The van der Waals surface area contributed by atoms with Gasteiger partial charge in [0, 0.05) is 4.43 Å². The third-order valence-electron chi connectivity index (χ3n) is 1.37. The Kier molecular flexibility index (Phi) is 3.23. The predicted molar refractivity (Wildman–Crippen MR) is 48.9 cm³/mol. The van der Waals surface area contributed by atoms with Crippen LogP contribution in [0, 0.1) is 11.6 Å². The SMILES string of the molecule is Fc1ccc(CCI)cc1F. The van der Waals surface area contributed by atoms with Gasteiger partial charge in [-0.1, -0.05) is 28.7 Å². The number of alkyl halides is 1. The van der Waals surface area contributed by atoms with E-state index >= 15 is 0 Å². The molecule has 0 saturated heterocycles. The summed E-state index contributed by atoms with van der Waals surface area (Å²) in [5.74, 6) is -1.53. The smallest absolute Gasteiger partial charge is 0.159 e. The highest BCUT2D eigenvalue weighted by Crippen LogP contribution is 2.09. The third-order valence-corrected chi connectivity index (χ3v) is 1.91. The molecule has 60 valence electrons. The van der Waals surface area contributed by atoms with Gasteiger partial charge in [-0.2, -0.15) is 0 Å². The summed E-state index contributed by atoms with van der Waals surface area (Å²) in [5, 5.41) is 0. The third kappa shape index (κ3) is 2.39. The summed E-state index contributed by atoms with van der Waals surface area (Å²) in [7, 11) is 0. The molecule has 0 aliphatic heterocycles. The lowest BCUT2D eigenvalue weighted by atomic mass is 10.2. The first-order chi connectivity index (χ1) is 5.24. The van der Waals surface area contributed by atoms with E-state index in [-0.39, 0.29) is 0 Å². The van der Waals surface area contributed by atoms with Gasteiger partial charge in [-0.15, -0.1) is 0 Å². The topological polar surface area (TPSA) is 0 Å². The lowest BCUT2D eigenvalue weighted by Gasteiger charge is -1.97. The highest BCUT2D eigenvalue weighted by molar-refractivity contribution is 14.1. The molecule has 0 saturated carbocycles. The number of hydrogen-bond donors (Lipinski definition) is 0. The van der Waals surface area contributed by atoms with Crippen molar-refractivity contribution in [3.05, 3.63) is 35.4 Å². The summed E-state index contributed by atoms with van der Waals surface area (Å²) in [6.45, 7) is 0. The molecule has 1 aromatic rings. The summed E-state index contributed by atoms with van der Waals surface area (Å²) < 4.78 is 25.8. The lowest BCUT2D eigenvalue weighted by molar-refractivity contribution is 0.507. The normalized spacial score (nSPS) is 10.1. The molecule has 0 aliphatic carbocycles. The Morgan fingerprint density at radius 2 is 1.91 bits per heavy atom. The maximum Gasteiger partial charge on any atom is 0.159 e. The van der Waals surface area contributed by atoms with E-state index in [1.165, 1.54) is 6.07 Å². The van der Waals surface area contributed by atoms with Crippen LogP contribution in [0.25, 0.3) is 0 Å². The number of rotatable bonds is 2. The Hall–Kier alpha value is -0.190. The molecular weight excluding hydrogens is 261 g/mol. The van der Waals surface area contributed by atoms with Gasteiger partial charge < -0.3 is 0 Å². The highest BCUT2D eigenvalue weighted by atomic mass is 127. The van der Waals surface area contributed by atoms with E-state index in [9.17, 15) is 8.78 Å². The maximum absolute atomic E-state index is 12.5. The molecule has 0 fully saturated rings. The van der Waals surface area contributed by atoms with Crippen molar-refractivity contribution in [1.29, 1.82) is 0 Å². The van der Waals surface area contributed by atoms with Crippen LogP contribution in [-0.4, -0.2) is 4.43 Å². The average Bonchev–Trinajstić information content (AvgIpc) is 1.98. The molecule has 0 spiro atoms. The van der Waals surface area contributed by atoms with Crippen LogP contribution < -0.4 is 0 Å². The molecule has 0 amide bonds. The average molecular weight is 268 g/mol. The van der Waals surface area contributed by atoms with E-state index < -0.39 is 11.6 Å². The van der Waals surface area contributed by atoms with Gasteiger partial charge >= 0.3 is 0 Å². The van der Waals surface area contributed by atoms with Gasteiger partial charge in [-0.25, -0.2) is 8.78 Å². The second kappa shape index (κ2) is 3.99. The Bertz CT molecular complexity index is 248. The van der Waals surface area contributed by atoms with Crippen LogP contribution in [0.3, 0.4) is 0 Å². The van der Waals surface area contributed by atoms with E-state index in [1.807, 2.05) is 0 Å². The number of hydrogen-bond acceptors (Lipinski definition) is 0. The van der Waals surface area contributed by atoms with Gasteiger partial charge in [0.1, 0.15) is 0 Å². The van der Waals surface area contributed by atoms with Gasteiger partial charge in [-0.05, 0) is 24.1 Å². The first-order valence-electron chi connectivity index (χ1n) is 3.24. The maximum atomic E-state index is 12.5. The molecule has 11 heavy (non-hydrogen) atoms. The van der Waals surface area contributed by atoms with E-state index in [4.69, 9.17) is 0 Å². The summed E-state index contributed by atoms with van der Waals surface area (Å²) in [5.41, 5.74) is 0.846. The predicted octanol–water partition coefficient (Wildman–Crippen LogP) is 2.94. The van der Waals surface area contributed by atoms with Gasteiger partial charge in [0.15, 0.2) is 11.6 Å². The second-order valence-corrected chi connectivity index (χ2v) is 3.27. The van der Waals surface area contributed by atoms with Gasteiger partial charge in [0.25, 0.3) is 0 Å². The van der Waals surface area contributed by atoms with Crippen LogP contribution in [0.2, 0.25) is 0 Å². The van der Waals surface area contributed by atoms with Crippen LogP contribution in [-0.2, 0) is 6.42 Å². The van der Waals surface area contributed by atoms with Crippen LogP contribution in [0.5, 0.6) is 0 Å². The van der Waals surface area contributed by atoms with E-state index in [1.54, 1.807) is 6.07 Å². The fourth-order valence-corrected chi connectivity index (χ4v) is 1.43. The molecular formula is C8H7F2I. The zero-order valence-corrected chi connectivity index (χ0v) is 7.94. The summed E-state index contributed by atoms with van der Waals surface area (Å²) in [4.78, 5) is 0. The van der Waals surface area contributed by atoms with Crippen LogP contribution in [0.15, 0.2) is 18.2 Å². The zero-order valence-electron chi connectivity index (χ0n) is 5.78. The van der Waals surface area contributed by atoms with Crippen molar-refractivity contribution in [1.82, 2.24) is 0 Å². The zero-order chi connectivity index (χ0) is 8.27. The molecule has 0 N–H and O–H groups in total. The largest absolute Gasteiger partial charge is 0.204 e. The Balaban J connectivity index is 2.86. The van der Waals surface area contributed by atoms with Crippen molar-refractivity contribution in [3.63, 3.8) is 0 Å². The minimum absolute atomic E-state index is 0.757. The molecule has 0 heterocycles. The van der Waals surface area contributed by atoms with Crippen molar-refractivity contribution in [3.8, 4) is 0 Å². The molecule has 0 bridgehead atoms. The fourth-order valence-electron chi connectivity index (χ4n) is 0.804. The first-order valence-corrected chi connectivity index (χ1v) is 4.76. The van der Waals surface area contributed by atoms with E-state index in [0.29, 0.717) is 0 Å². The van der Waals surface area contributed by atoms with Gasteiger partial charge in [-0.3, -0.25) is 0 Å². The number of benzene rings is 1. The monoisotopic (exact) mass is 268 g/mol. The minimum Gasteiger partial charge on any atom is -0.204 e. The lowest BCUT2D eigenvalue weighted by Crippen LogP contribution is -1.89. The van der Waals surface area contributed by atoms with Crippen molar-refractivity contribution in [2.45, 2.75) is 6.42 Å². The molecule has 1 aromatic carbocycles. The fraction of sp³-hybridized carbons (Fsp3) is 0.250. The Labute approximate surface area is 77.8 Å². The molecule has 0 radical (unpaired) electrons. The van der Waals surface area contributed by atoms with Gasteiger partial charge in [0.05, 0.1) is 0 Å². The molecule has 0 aromatic heterocycles. The quantitative estimate of drug-likeness (QED) is 0.571. The molecule has 0 nitrogen and oxygen atoms in total. The molecule has 0 atom stereocenters. The minimum atomic E-state index is -0.776. The van der Waals surface area contributed by atoms with Crippen molar-refractivity contribution in [2.24, 2.45) is 0 Å². The number of aryl methyl sites for hydroxylation is 1. The molecule has 3 heteroatoms. The first kappa shape index (κ1) is 8.90. The van der Waals surface area contributed by atoms with Crippen molar-refractivity contribution < 1.29 is 8.78 Å². The standard InChI is InChI=1S/C8H7F2I/c9-7-2-1-6(3-4-11)5-8(7)10/h1-2,5H,3-4H2. The van der Waals surface area contributed by atoms with E-state index in [0.717, 1.165) is 22.5 Å². The van der Waals surface area contributed by atoms with Gasteiger partial charge in [0.2, 0.25) is 0 Å². The van der Waals surface area contributed by atoms with Crippen LogP contribution in [0.4, 0.5) is 8.78 Å². The Morgan fingerprint density at radius 3 is 2.45 bits per heavy atom. The van der Waals surface area contributed by atoms with Crippen molar-refractivity contribution >= 4 is 22.6 Å². The molecule has 0 unspecified atom stereocenters. The summed E-state index contributed by atoms with van der Waals surface area (Å²) >= 11 is 2.20. The summed E-state index contributed by atoms with van der Waals surface area (Å²) in [6, 6.07) is 4.02. The molecule has 1 rings (SSSR count). The van der Waals surface area contributed by atoms with Crippen LogP contribution >= 0.6 is 22.6 Å². The van der Waals surface area contributed by atoms with Crippen LogP contribution in [0.1, 0.15) is 5.56 Å². The summed E-state index contributed by atoms with van der Waals surface area (Å²) in [6.07, 6.45) is 0.789. The molecule has 0 aliphatic rings. The Morgan fingerprint density at radius 1 is 1.18 bits per heavy atom. The van der Waals surface area contributed by atoms with Crippen molar-refractivity contribution in [2.75, 3.05) is 4.43 Å². The number of halogens is 3.